The van der Waals surface area contributed by atoms with Crippen LogP contribution in [0, 0.1) is 5.92 Å². The molecule has 3 heterocycles. The van der Waals surface area contributed by atoms with E-state index in [0.717, 1.165) is 10.4 Å². The molecule has 4 N–H and O–H groups in total. The molecule has 260 valence electrons. The van der Waals surface area contributed by atoms with Crippen LogP contribution in [0.3, 0.4) is 0 Å². The van der Waals surface area contributed by atoms with Gasteiger partial charge in [-0.15, -0.1) is 11.3 Å². The van der Waals surface area contributed by atoms with Gasteiger partial charge in [-0.3, -0.25) is 24.0 Å². The minimum absolute atomic E-state index is 0.0372. The lowest BCUT2D eigenvalue weighted by atomic mass is 9.90. The number of ether oxygens (including phenoxy) is 2. The molecule has 2 aliphatic heterocycles. The van der Waals surface area contributed by atoms with Crippen LogP contribution in [0.15, 0.2) is 96.4 Å². The van der Waals surface area contributed by atoms with Gasteiger partial charge in [0.1, 0.15) is 23.6 Å². The Morgan fingerprint density at radius 3 is 2.14 bits per heavy atom. The Morgan fingerprint density at radius 1 is 0.780 bits per heavy atom. The molecule has 11 nitrogen and oxygen atoms in total. The Kier molecular flexibility index (Phi) is 12.4. The minimum Gasteiger partial charge on any atom is -0.497 e. The number of Topliss-reactive ketones (excluding diaryl/α,β-unsaturated/α-hetero) is 1. The van der Waals surface area contributed by atoms with Gasteiger partial charge in [-0.05, 0) is 65.2 Å². The third-order valence-corrected chi connectivity index (χ3v) is 9.30. The molecule has 2 aliphatic rings. The van der Waals surface area contributed by atoms with Gasteiger partial charge in [-0.2, -0.15) is 0 Å². The molecule has 12 heteroatoms. The van der Waals surface area contributed by atoms with E-state index in [2.05, 4.69) is 16.0 Å². The van der Waals surface area contributed by atoms with E-state index in [-0.39, 0.29) is 38.7 Å². The maximum absolute atomic E-state index is 14.2. The number of amides is 3. The van der Waals surface area contributed by atoms with Crippen LogP contribution in [-0.4, -0.2) is 66.4 Å². The summed E-state index contributed by atoms with van der Waals surface area (Å²) in [5.74, 6) is -3.53. The summed E-state index contributed by atoms with van der Waals surface area (Å²) in [4.78, 5) is 68.3. The van der Waals surface area contributed by atoms with Gasteiger partial charge in [0.2, 0.25) is 11.8 Å². The normalized spacial score (nSPS) is 20.7. The summed E-state index contributed by atoms with van der Waals surface area (Å²) < 4.78 is 11.0. The lowest BCUT2D eigenvalue weighted by Gasteiger charge is -2.26. The first kappa shape index (κ1) is 35.8. The summed E-state index contributed by atoms with van der Waals surface area (Å²) in [6, 6.07) is 23.1. The molecule has 1 aromatic heterocycles. The van der Waals surface area contributed by atoms with Crippen LogP contribution in [-0.2, 0) is 49.7 Å². The number of thiophene rings is 1. The number of hydrogen-bond donors (Lipinski definition) is 4. The van der Waals surface area contributed by atoms with Gasteiger partial charge in [0.15, 0.2) is 12.4 Å². The van der Waals surface area contributed by atoms with Gasteiger partial charge in [-0.1, -0.05) is 60.7 Å². The average molecular weight is 698 g/mol. The van der Waals surface area contributed by atoms with E-state index in [4.69, 9.17) is 9.47 Å². The number of carbonyl (C=O) groups is 5. The van der Waals surface area contributed by atoms with Crippen LogP contribution in [0.1, 0.15) is 28.0 Å². The fraction of sp³-hybridized carbons (Fsp3) is 0.289. The zero-order chi connectivity index (χ0) is 35.5. The van der Waals surface area contributed by atoms with Crippen molar-refractivity contribution in [1.82, 2.24) is 16.0 Å². The Labute approximate surface area is 294 Å². The van der Waals surface area contributed by atoms with Crippen molar-refractivity contribution in [2.75, 3.05) is 13.7 Å². The van der Waals surface area contributed by atoms with Gasteiger partial charge >= 0.3 is 5.97 Å². The molecule has 3 amide bonds. The minimum atomic E-state index is -1.17. The second-order valence-electron chi connectivity index (χ2n) is 12.1. The zero-order valence-electron chi connectivity index (χ0n) is 27.5. The van der Waals surface area contributed by atoms with E-state index in [9.17, 15) is 29.1 Å². The number of carboxylic acid groups (broad SMARTS) is 1. The SMILES string of the molecule is COc1cccc(C[C@@H]2NC(=O)[C@H](Cc3cccs3)NC(=O)COc3ccc(cc3)C[C@@H](C(=O)O)CC(=O)[C@H](Cc3ccccc3)NC2=O)c1. The predicted molar refractivity (Wildman–Crippen MR) is 187 cm³/mol. The van der Waals surface area contributed by atoms with Crippen LogP contribution < -0.4 is 25.4 Å². The van der Waals surface area contributed by atoms with E-state index in [1.54, 1.807) is 48.5 Å². The molecule has 0 spiro atoms. The van der Waals surface area contributed by atoms with Gasteiger partial charge in [-0.25, -0.2) is 0 Å². The molecule has 4 atom stereocenters. The highest BCUT2D eigenvalue weighted by molar-refractivity contribution is 7.09. The monoisotopic (exact) mass is 697 g/mol. The molecule has 0 aliphatic carbocycles. The Bertz CT molecular complexity index is 1780. The summed E-state index contributed by atoms with van der Waals surface area (Å²) in [6.07, 6.45) is 0.0473. The zero-order valence-corrected chi connectivity index (χ0v) is 28.3. The maximum Gasteiger partial charge on any atom is 0.307 e. The number of benzene rings is 3. The van der Waals surface area contributed by atoms with Gasteiger partial charge in [0.25, 0.3) is 5.91 Å². The first-order valence-corrected chi connectivity index (χ1v) is 17.1. The van der Waals surface area contributed by atoms with Crippen molar-refractivity contribution < 1.29 is 38.6 Å². The van der Waals surface area contributed by atoms with Crippen LogP contribution in [0.5, 0.6) is 11.5 Å². The summed E-state index contributed by atoms with van der Waals surface area (Å²) in [5, 5.41) is 20.4. The first-order chi connectivity index (χ1) is 24.2. The Balaban J connectivity index is 1.51. The highest BCUT2D eigenvalue weighted by Crippen LogP contribution is 2.20. The number of methoxy groups -OCH3 is 1. The van der Waals surface area contributed by atoms with Crippen LogP contribution in [0.4, 0.5) is 0 Å². The Hall–Kier alpha value is -5.49. The summed E-state index contributed by atoms with van der Waals surface area (Å²) >= 11 is 1.43. The quantitative estimate of drug-likeness (QED) is 0.204. The maximum atomic E-state index is 14.2. The fourth-order valence-electron chi connectivity index (χ4n) is 5.75. The van der Waals surface area contributed by atoms with Crippen molar-refractivity contribution in [2.45, 2.75) is 50.2 Å². The Morgan fingerprint density at radius 2 is 1.46 bits per heavy atom. The molecule has 0 fully saturated rings. The largest absolute Gasteiger partial charge is 0.497 e. The molecule has 50 heavy (non-hydrogen) atoms. The molecular formula is C38H39N3O8S. The van der Waals surface area contributed by atoms with Crippen molar-refractivity contribution in [3.05, 3.63) is 118 Å². The summed E-state index contributed by atoms with van der Waals surface area (Å²) in [6.45, 7) is -0.380. The predicted octanol–water partition coefficient (Wildman–Crippen LogP) is 3.53. The molecule has 0 saturated carbocycles. The number of ketones is 1. The van der Waals surface area contributed by atoms with Crippen LogP contribution in [0.25, 0.3) is 0 Å². The third-order valence-electron chi connectivity index (χ3n) is 8.40. The fourth-order valence-corrected chi connectivity index (χ4v) is 6.50. The highest BCUT2D eigenvalue weighted by atomic mass is 32.1. The van der Waals surface area contributed by atoms with E-state index < -0.39 is 53.5 Å². The number of aliphatic carboxylic acids is 1. The van der Waals surface area contributed by atoms with Gasteiger partial charge in [0, 0.05) is 24.1 Å². The first-order valence-electron chi connectivity index (χ1n) is 16.2. The number of carboxylic acids is 1. The smallest absolute Gasteiger partial charge is 0.307 e. The van der Waals surface area contributed by atoms with Crippen LogP contribution in [0.2, 0.25) is 0 Å². The van der Waals surface area contributed by atoms with Crippen molar-refractivity contribution in [2.24, 2.45) is 5.92 Å². The average Bonchev–Trinajstić information content (AvgIpc) is 3.63. The van der Waals surface area contributed by atoms with E-state index in [1.807, 2.05) is 47.8 Å². The van der Waals surface area contributed by atoms with Gasteiger partial charge in [0.05, 0.1) is 19.1 Å². The summed E-state index contributed by atoms with van der Waals surface area (Å²) in [5.41, 5.74) is 2.10. The molecule has 0 unspecified atom stereocenters. The molecule has 6 rings (SSSR count). The molecule has 0 radical (unpaired) electrons. The van der Waals surface area contributed by atoms with E-state index >= 15 is 0 Å². The number of nitrogens with one attached hydrogen (secondary N) is 3. The van der Waals surface area contributed by atoms with Gasteiger partial charge < -0.3 is 30.5 Å². The van der Waals surface area contributed by atoms with Crippen LogP contribution >= 0.6 is 11.3 Å². The topological polar surface area (TPSA) is 160 Å². The number of fused-ring (bicyclic) bond motifs is 16. The summed E-state index contributed by atoms with van der Waals surface area (Å²) in [7, 11) is 1.52. The molecular weight excluding hydrogens is 658 g/mol. The second kappa shape index (κ2) is 17.3. The van der Waals surface area contributed by atoms with E-state index in [0.29, 0.717) is 22.6 Å². The number of rotatable bonds is 8. The van der Waals surface area contributed by atoms with E-state index in [1.165, 1.54) is 18.4 Å². The molecule has 4 aromatic rings. The second-order valence-corrected chi connectivity index (χ2v) is 13.1. The van der Waals surface area contributed by atoms with Crippen molar-refractivity contribution in [3.8, 4) is 11.5 Å². The van der Waals surface area contributed by atoms with Crippen molar-refractivity contribution in [1.29, 1.82) is 0 Å². The molecule has 0 saturated heterocycles. The third kappa shape index (κ3) is 10.3. The van der Waals surface area contributed by atoms with Crippen molar-refractivity contribution in [3.63, 3.8) is 0 Å². The lowest BCUT2D eigenvalue weighted by Crippen LogP contribution is -2.57. The van der Waals surface area contributed by atoms with Crippen molar-refractivity contribution >= 4 is 40.8 Å². The number of carbonyl (C=O) groups excluding carboxylic acids is 4. The lowest BCUT2D eigenvalue weighted by molar-refractivity contribution is -0.144. The standard InChI is InChI=1S/C38H39N3O8S/c1-48-29-10-5-9-26(18-29)20-32-36(44)40-31(19-24-7-3-2-4-8-24)34(42)21-27(38(46)47)17-25-12-14-28(15-13-25)49-23-35(43)39-33(37(45)41-32)22-30-11-6-16-50-30/h2-16,18,27,31-33H,17,19-23H2,1H3,(H,39,43)(H,40,44)(H,41,45)(H,46,47)/t27-,31+,32+,33+/m1/s1. The molecule has 3 aromatic carbocycles. The number of hydrogen-bond acceptors (Lipinski definition) is 8. The molecule has 2 bridgehead atoms. The highest BCUT2D eigenvalue weighted by Gasteiger charge is 2.32.